The molecule has 100 valence electrons. The van der Waals surface area contributed by atoms with Gasteiger partial charge < -0.3 is 10.2 Å². The first-order valence-electron chi connectivity index (χ1n) is 6.55. The number of aliphatic hydroxyl groups is 2. The van der Waals surface area contributed by atoms with Crippen molar-refractivity contribution < 1.29 is 15.0 Å². The highest BCUT2D eigenvalue weighted by Crippen LogP contribution is 2.55. The Morgan fingerprint density at radius 1 is 1.50 bits per heavy atom. The van der Waals surface area contributed by atoms with E-state index < -0.39 is 17.6 Å². The number of rotatable bonds is 1. The Hall–Kier alpha value is -0.930. The number of hydrogen-bond donors (Lipinski definition) is 2. The Kier molecular flexibility index (Phi) is 3.24. The summed E-state index contributed by atoms with van der Waals surface area (Å²) in [6.45, 7) is 9.71. The molecule has 0 amide bonds. The molecule has 3 nitrogen and oxygen atoms in total. The SMILES string of the molecule is C=C(C)[C@@H]1C[C@@H](O)[C@@]2(C1)C(C)=CC(=O)[C@H](O)[C@H]2C. The molecule has 2 aliphatic carbocycles. The molecule has 0 saturated heterocycles. The van der Waals surface area contributed by atoms with Crippen LogP contribution in [0.1, 0.15) is 33.6 Å². The van der Waals surface area contributed by atoms with Crippen molar-refractivity contribution in [1.29, 1.82) is 0 Å². The third kappa shape index (κ3) is 1.69. The van der Waals surface area contributed by atoms with Crippen LogP contribution in [0.4, 0.5) is 0 Å². The second-order valence-electron chi connectivity index (χ2n) is 6.00. The molecule has 2 rings (SSSR count). The highest BCUT2D eigenvalue weighted by molar-refractivity contribution is 5.95. The standard InChI is InChI=1S/C15H22O3/c1-8(2)11-6-13(17)15(7-11)9(3)5-12(16)14(18)10(15)4/h5,10-11,13-14,17-18H,1,6-7H2,2-4H3/t10-,11-,13-,14-,15+/m1/s1. The van der Waals surface area contributed by atoms with Crippen LogP contribution >= 0.6 is 0 Å². The fourth-order valence-electron chi connectivity index (χ4n) is 3.72. The molecular formula is C15H22O3. The largest absolute Gasteiger partial charge is 0.392 e. The molecular weight excluding hydrogens is 228 g/mol. The third-order valence-corrected chi connectivity index (χ3v) is 5.05. The van der Waals surface area contributed by atoms with Crippen LogP contribution in [0.15, 0.2) is 23.8 Å². The maximum absolute atomic E-state index is 11.7. The van der Waals surface area contributed by atoms with Gasteiger partial charge in [-0.1, -0.05) is 24.6 Å². The summed E-state index contributed by atoms with van der Waals surface area (Å²) in [6.07, 6.45) is 1.46. The van der Waals surface area contributed by atoms with Crippen molar-refractivity contribution in [2.75, 3.05) is 0 Å². The third-order valence-electron chi connectivity index (χ3n) is 5.05. The van der Waals surface area contributed by atoms with Crippen molar-refractivity contribution >= 4 is 5.78 Å². The van der Waals surface area contributed by atoms with Crippen LogP contribution in [0, 0.1) is 17.3 Å². The first-order chi connectivity index (χ1) is 8.30. The minimum absolute atomic E-state index is 0.239. The van der Waals surface area contributed by atoms with Crippen molar-refractivity contribution in [1.82, 2.24) is 0 Å². The normalized spacial score (nSPS) is 44.3. The van der Waals surface area contributed by atoms with Crippen LogP contribution in [-0.4, -0.2) is 28.2 Å². The van der Waals surface area contributed by atoms with E-state index in [1.54, 1.807) is 0 Å². The molecule has 0 radical (unpaired) electrons. The smallest absolute Gasteiger partial charge is 0.184 e. The average Bonchev–Trinajstić information content (AvgIpc) is 2.64. The highest BCUT2D eigenvalue weighted by Gasteiger charge is 2.55. The van der Waals surface area contributed by atoms with Gasteiger partial charge in [0, 0.05) is 11.3 Å². The zero-order valence-electron chi connectivity index (χ0n) is 11.3. The Morgan fingerprint density at radius 3 is 2.61 bits per heavy atom. The second-order valence-corrected chi connectivity index (χ2v) is 6.00. The van der Waals surface area contributed by atoms with Gasteiger partial charge in [0.2, 0.25) is 0 Å². The summed E-state index contributed by atoms with van der Waals surface area (Å²) in [5.41, 5.74) is 1.51. The molecule has 3 heteroatoms. The summed E-state index contributed by atoms with van der Waals surface area (Å²) < 4.78 is 0. The van der Waals surface area contributed by atoms with E-state index in [0.717, 1.165) is 17.6 Å². The van der Waals surface area contributed by atoms with Gasteiger partial charge in [0.15, 0.2) is 5.78 Å². The van der Waals surface area contributed by atoms with E-state index >= 15 is 0 Å². The molecule has 0 bridgehead atoms. The highest BCUT2D eigenvalue weighted by atomic mass is 16.3. The molecule has 0 aromatic rings. The number of carbonyl (C=O) groups excluding carboxylic acids is 1. The van der Waals surface area contributed by atoms with Crippen LogP contribution in [0.5, 0.6) is 0 Å². The molecule has 0 aromatic heterocycles. The van der Waals surface area contributed by atoms with Gasteiger partial charge in [0.05, 0.1) is 6.10 Å². The molecule has 1 spiro atoms. The summed E-state index contributed by atoms with van der Waals surface area (Å²) in [5.74, 6) is -0.211. The molecule has 5 atom stereocenters. The molecule has 0 unspecified atom stereocenters. The van der Waals surface area contributed by atoms with E-state index in [0.29, 0.717) is 6.42 Å². The minimum Gasteiger partial charge on any atom is -0.392 e. The zero-order valence-corrected chi connectivity index (χ0v) is 11.3. The molecule has 2 aliphatic rings. The second kappa shape index (κ2) is 4.32. The van der Waals surface area contributed by atoms with Crippen LogP contribution in [0.3, 0.4) is 0 Å². The van der Waals surface area contributed by atoms with Crippen molar-refractivity contribution in [3.05, 3.63) is 23.8 Å². The fraction of sp³-hybridized carbons (Fsp3) is 0.667. The van der Waals surface area contributed by atoms with Crippen molar-refractivity contribution in [3.8, 4) is 0 Å². The van der Waals surface area contributed by atoms with Gasteiger partial charge in [0.25, 0.3) is 0 Å². The molecule has 0 heterocycles. The van der Waals surface area contributed by atoms with Crippen LogP contribution in [0.25, 0.3) is 0 Å². The summed E-state index contributed by atoms with van der Waals surface area (Å²) in [7, 11) is 0. The summed E-state index contributed by atoms with van der Waals surface area (Å²) >= 11 is 0. The maximum atomic E-state index is 11.7. The quantitative estimate of drug-likeness (QED) is 0.698. The maximum Gasteiger partial charge on any atom is 0.184 e. The van der Waals surface area contributed by atoms with Crippen LogP contribution in [0.2, 0.25) is 0 Å². The van der Waals surface area contributed by atoms with Crippen molar-refractivity contribution in [2.24, 2.45) is 17.3 Å². The average molecular weight is 250 g/mol. The summed E-state index contributed by atoms with van der Waals surface area (Å²) in [5, 5.41) is 20.5. The van der Waals surface area contributed by atoms with Gasteiger partial charge in [-0.25, -0.2) is 0 Å². The summed E-state index contributed by atoms with van der Waals surface area (Å²) in [6, 6.07) is 0. The van der Waals surface area contributed by atoms with Gasteiger partial charge in [-0.05, 0) is 38.7 Å². The van der Waals surface area contributed by atoms with E-state index in [-0.39, 0.29) is 17.6 Å². The first-order valence-corrected chi connectivity index (χ1v) is 6.55. The summed E-state index contributed by atoms with van der Waals surface area (Å²) in [4.78, 5) is 11.7. The first kappa shape index (κ1) is 13.5. The number of ketones is 1. The number of carbonyl (C=O) groups is 1. The number of allylic oxidation sites excluding steroid dienone is 1. The zero-order chi connectivity index (χ0) is 13.7. The van der Waals surface area contributed by atoms with Gasteiger partial charge in [-0.2, -0.15) is 0 Å². The van der Waals surface area contributed by atoms with Crippen molar-refractivity contribution in [3.63, 3.8) is 0 Å². The van der Waals surface area contributed by atoms with Crippen LogP contribution in [-0.2, 0) is 4.79 Å². The Morgan fingerprint density at radius 2 is 2.11 bits per heavy atom. The topological polar surface area (TPSA) is 57.5 Å². The van der Waals surface area contributed by atoms with Crippen LogP contribution < -0.4 is 0 Å². The number of aliphatic hydroxyl groups excluding tert-OH is 2. The Balaban J connectivity index is 2.44. The Labute approximate surface area is 108 Å². The lowest BCUT2D eigenvalue weighted by Gasteiger charge is -2.44. The lowest BCUT2D eigenvalue weighted by molar-refractivity contribution is -0.131. The van der Waals surface area contributed by atoms with Gasteiger partial charge in [0.1, 0.15) is 6.10 Å². The predicted molar refractivity (Wildman–Crippen MR) is 69.9 cm³/mol. The minimum atomic E-state index is -0.993. The van der Waals surface area contributed by atoms with E-state index in [1.165, 1.54) is 6.08 Å². The molecule has 0 aromatic carbocycles. The number of hydrogen-bond acceptors (Lipinski definition) is 3. The van der Waals surface area contributed by atoms with E-state index in [4.69, 9.17) is 0 Å². The lowest BCUT2D eigenvalue weighted by atomic mass is 9.62. The fourth-order valence-corrected chi connectivity index (χ4v) is 3.72. The lowest BCUT2D eigenvalue weighted by Crippen LogP contribution is -2.48. The predicted octanol–water partition coefficient (Wildman–Crippen LogP) is 1.85. The van der Waals surface area contributed by atoms with E-state index in [1.807, 2.05) is 20.8 Å². The van der Waals surface area contributed by atoms with Gasteiger partial charge >= 0.3 is 0 Å². The van der Waals surface area contributed by atoms with Gasteiger partial charge in [-0.15, -0.1) is 0 Å². The monoisotopic (exact) mass is 250 g/mol. The Bertz CT molecular complexity index is 423. The van der Waals surface area contributed by atoms with E-state index in [2.05, 4.69) is 6.58 Å². The molecule has 2 N–H and O–H groups in total. The molecule has 0 aliphatic heterocycles. The molecule has 1 fully saturated rings. The van der Waals surface area contributed by atoms with Gasteiger partial charge in [-0.3, -0.25) is 4.79 Å². The molecule has 18 heavy (non-hydrogen) atoms. The molecule has 1 saturated carbocycles. The van der Waals surface area contributed by atoms with Crippen molar-refractivity contribution in [2.45, 2.75) is 45.8 Å². The van der Waals surface area contributed by atoms with E-state index in [9.17, 15) is 15.0 Å².